The summed E-state index contributed by atoms with van der Waals surface area (Å²) in [5.74, 6) is -0.566. The number of hydrogen-bond acceptors (Lipinski definition) is 7. The molecule has 0 aliphatic carbocycles. The summed E-state index contributed by atoms with van der Waals surface area (Å²) in [6, 6.07) is 3.08. The van der Waals surface area contributed by atoms with E-state index >= 15 is 4.39 Å². The van der Waals surface area contributed by atoms with E-state index in [1.807, 2.05) is 6.92 Å². The molecule has 11 heteroatoms. The maximum Gasteiger partial charge on any atom is 0.413 e. The van der Waals surface area contributed by atoms with Crippen LogP contribution in [0.25, 0.3) is 21.9 Å². The minimum absolute atomic E-state index is 0.0339. The molecule has 0 radical (unpaired) electrons. The lowest BCUT2D eigenvalue weighted by Crippen LogP contribution is -2.27. The van der Waals surface area contributed by atoms with Crippen LogP contribution in [0.5, 0.6) is 0 Å². The number of nitrogens with one attached hydrogen (secondary N) is 3. The van der Waals surface area contributed by atoms with Gasteiger partial charge in [0.1, 0.15) is 11.4 Å². The van der Waals surface area contributed by atoms with E-state index in [4.69, 9.17) is 4.74 Å². The minimum Gasteiger partial charge on any atom is -0.465 e. The summed E-state index contributed by atoms with van der Waals surface area (Å²) >= 11 is 0. The highest BCUT2D eigenvalue weighted by molar-refractivity contribution is 6.04. The van der Waals surface area contributed by atoms with Crippen LogP contribution >= 0.6 is 0 Å². The summed E-state index contributed by atoms with van der Waals surface area (Å²) < 4.78 is 21.0. The van der Waals surface area contributed by atoms with E-state index < -0.39 is 23.6 Å². The van der Waals surface area contributed by atoms with E-state index in [9.17, 15) is 19.8 Å². The molecule has 1 atom stereocenters. The Morgan fingerprint density at radius 1 is 1.19 bits per heavy atom. The number of carboxylic acid groups (broad SMARTS) is 1. The maximum absolute atomic E-state index is 15.7. The van der Waals surface area contributed by atoms with Crippen LogP contribution in [-0.2, 0) is 11.2 Å². The van der Waals surface area contributed by atoms with Gasteiger partial charge in [0.05, 0.1) is 17.1 Å². The zero-order valence-corrected chi connectivity index (χ0v) is 20.4. The molecule has 4 rings (SSSR count). The van der Waals surface area contributed by atoms with E-state index in [0.29, 0.717) is 23.9 Å². The summed E-state index contributed by atoms with van der Waals surface area (Å²) in [6.07, 6.45) is 1.29. The number of aliphatic hydroxyl groups excluding tert-OH is 1. The van der Waals surface area contributed by atoms with Crippen LogP contribution in [0.1, 0.15) is 32.0 Å². The van der Waals surface area contributed by atoms with Crippen LogP contribution in [0.2, 0.25) is 0 Å². The van der Waals surface area contributed by atoms with Crippen molar-refractivity contribution in [2.75, 3.05) is 29.1 Å². The van der Waals surface area contributed by atoms with E-state index in [1.165, 1.54) is 12.3 Å². The Hall–Kier alpha value is -3.99. The molecule has 2 amide bonds. The van der Waals surface area contributed by atoms with Gasteiger partial charge in [0.2, 0.25) is 0 Å². The number of ether oxygens (including phenoxy) is 1. The SMILES string of the molecule is Cc1c(-c2cc3cc(NC(=O)OC(C)(C)C)ncc3c(NC(=O)O)c2F)cnc2c1NCC(CO)C2. The van der Waals surface area contributed by atoms with Gasteiger partial charge in [-0.1, -0.05) is 0 Å². The number of pyridine rings is 2. The molecule has 10 nitrogen and oxygen atoms in total. The first-order chi connectivity index (χ1) is 17.0. The number of rotatable bonds is 4. The topological polar surface area (TPSA) is 146 Å². The highest BCUT2D eigenvalue weighted by atomic mass is 19.1. The van der Waals surface area contributed by atoms with Gasteiger partial charge in [-0.15, -0.1) is 0 Å². The van der Waals surface area contributed by atoms with E-state index in [2.05, 4.69) is 25.9 Å². The molecule has 0 bridgehead atoms. The number of fused-ring (bicyclic) bond motifs is 2. The summed E-state index contributed by atoms with van der Waals surface area (Å²) in [6.45, 7) is 7.62. The van der Waals surface area contributed by atoms with Gasteiger partial charge < -0.3 is 20.3 Å². The molecule has 190 valence electrons. The van der Waals surface area contributed by atoms with Gasteiger partial charge in [-0.3, -0.25) is 15.6 Å². The fourth-order valence-electron chi connectivity index (χ4n) is 4.21. The van der Waals surface area contributed by atoms with Crippen LogP contribution in [0.4, 0.5) is 31.2 Å². The quantitative estimate of drug-likeness (QED) is 0.347. The lowest BCUT2D eigenvalue weighted by atomic mass is 9.92. The number of benzene rings is 1. The van der Waals surface area contributed by atoms with Gasteiger partial charge in [-0.25, -0.2) is 19.0 Å². The smallest absolute Gasteiger partial charge is 0.413 e. The molecule has 2 aromatic heterocycles. The Balaban J connectivity index is 1.82. The molecule has 3 aromatic rings. The zero-order valence-electron chi connectivity index (χ0n) is 20.4. The molecular weight excluding hydrogens is 469 g/mol. The average Bonchev–Trinajstić information content (AvgIpc) is 2.79. The van der Waals surface area contributed by atoms with Crippen molar-refractivity contribution in [3.05, 3.63) is 41.6 Å². The number of carbonyl (C=O) groups excluding carboxylic acids is 1. The zero-order chi connectivity index (χ0) is 26.2. The summed E-state index contributed by atoms with van der Waals surface area (Å²) in [7, 11) is 0. The minimum atomic E-state index is -1.43. The Morgan fingerprint density at radius 3 is 2.61 bits per heavy atom. The van der Waals surface area contributed by atoms with Gasteiger partial charge in [-0.2, -0.15) is 0 Å². The predicted octanol–water partition coefficient (Wildman–Crippen LogP) is 4.76. The van der Waals surface area contributed by atoms with Crippen molar-refractivity contribution >= 4 is 40.2 Å². The normalized spacial score (nSPS) is 15.1. The number of aromatic nitrogens is 2. The van der Waals surface area contributed by atoms with Crippen molar-refractivity contribution in [3.63, 3.8) is 0 Å². The van der Waals surface area contributed by atoms with Crippen LogP contribution in [0, 0.1) is 18.7 Å². The maximum atomic E-state index is 15.7. The standard InChI is InChI=1S/C25H28FN5O5/c1-12-16(9-27-18-5-13(11-32)8-29-21(12)18)15-6-14-7-19(30-24(35)36-25(2,3)4)28-10-17(14)22(20(15)26)31-23(33)34/h6-7,9-10,13,29,31-32H,5,8,11H2,1-4H3,(H,33,34)(H,28,30,35). The fraction of sp³-hybridized carbons (Fsp3) is 0.360. The van der Waals surface area contributed by atoms with Gasteiger partial charge in [0.25, 0.3) is 0 Å². The van der Waals surface area contributed by atoms with Gasteiger partial charge in [0, 0.05) is 48.0 Å². The lowest BCUT2D eigenvalue weighted by molar-refractivity contribution is 0.0635. The van der Waals surface area contributed by atoms with Crippen LogP contribution in [0.3, 0.4) is 0 Å². The highest BCUT2D eigenvalue weighted by Crippen LogP contribution is 2.39. The van der Waals surface area contributed by atoms with E-state index in [-0.39, 0.29) is 35.0 Å². The molecule has 1 aliphatic heterocycles. The van der Waals surface area contributed by atoms with Crippen molar-refractivity contribution in [2.45, 2.75) is 39.7 Å². The highest BCUT2D eigenvalue weighted by Gasteiger charge is 2.25. The molecule has 0 saturated carbocycles. The van der Waals surface area contributed by atoms with Crippen molar-refractivity contribution in [3.8, 4) is 11.1 Å². The largest absolute Gasteiger partial charge is 0.465 e. The Morgan fingerprint density at radius 2 is 1.94 bits per heavy atom. The molecule has 0 saturated heterocycles. The van der Waals surface area contributed by atoms with Crippen LogP contribution < -0.4 is 16.0 Å². The molecule has 1 unspecified atom stereocenters. The third-order valence-corrected chi connectivity index (χ3v) is 5.84. The summed E-state index contributed by atoms with van der Waals surface area (Å²) in [5, 5.41) is 27.4. The number of halogens is 1. The third-order valence-electron chi connectivity index (χ3n) is 5.84. The number of amides is 2. The first-order valence-electron chi connectivity index (χ1n) is 11.4. The monoisotopic (exact) mass is 497 g/mol. The molecule has 5 N–H and O–H groups in total. The summed E-state index contributed by atoms with van der Waals surface area (Å²) in [5.41, 5.74) is 1.95. The average molecular weight is 498 g/mol. The van der Waals surface area contributed by atoms with E-state index in [0.717, 1.165) is 16.9 Å². The molecule has 1 aromatic carbocycles. The van der Waals surface area contributed by atoms with Gasteiger partial charge in [0.15, 0.2) is 5.82 Å². The van der Waals surface area contributed by atoms with E-state index in [1.54, 1.807) is 33.0 Å². The molecule has 0 spiro atoms. The lowest BCUT2D eigenvalue weighted by Gasteiger charge is -2.26. The Labute approximate surface area is 206 Å². The predicted molar refractivity (Wildman–Crippen MR) is 134 cm³/mol. The van der Waals surface area contributed by atoms with Crippen molar-refractivity contribution < 1.29 is 28.9 Å². The Kier molecular flexibility index (Phi) is 6.68. The van der Waals surface area contributed by atoms with Gasteiger partial charge in [-0.05, 0) is 57.2 Å². The van der Waals surface area contributed by atoms with Crippen LogP contribution in [0.15, 0.2) is 24.5 Å². The Bertz CT molecular complexity index is 1360. The van der Waals surface area contributed by atoms with Crippen LogP contribution in [-0.4, -0.2) is 51.1 Å². The third kappa shape index (κ3) is 5.15. The van der Waals surface area contributed by atoms with Gasteiger partial charge >= 0.3 is 12.2 Å². The molecule has 1 aliphatic rings. The van der Waals surface area contributed by atoms with Crippen molar-refractivity contribution in [1.82, 2.24) is 9.97 Å². The second-order valence-electron chi connectivity index (χ2n) is 9.71. The molecule has 0 fully saturated rings. The summed E-state index contributed by atoms with van der Waals surface area (Å²) in [4.78, 5) is 32.3. The number of anilines is 3. The number of carbonyl (C=O) groups is 2. The first kappa shape index (κ1) is 25.1. The second-order valence-corrected chi connectivity index (χ2v) is 9.71. The molecule has 3 heterocycles. The molecule has 36 heavy (non-hydrogen) atoms. The first-order valence-corrected chi connectivity index (χ1v) is 11.4. The second kappa shape index (κ2) is 9.57. The molecular formula is C25H28FN5O5. The number of nitrogens with zero attached hydrogens (tertiary/aromatic N) is 2. The fourth-order valence-corrected chi connectivity index (χ4v) is 4.21. The van der Waals surface area contributed by atoms with Crippen molar-refractivity contribution in [2.24, 2.45) is 5.92 Å². The number of aliphatic hydroxyl groups is 1. The number of hydrogen-bond donors (Lipinski definition) is 5. The van der Waals surface area contributed by atoms with Crippen molar-refractivity contribution in [1.29, 1.82) is 0 Å².